The highest BCUT2D eigenvalue weighted by molar-refractivity contribution is 7.18. The zero-order chi connectivity index (χ0) is 17.4. The highest BCUT2D eigenvalue weighted by Crippen LogP contribution is 2.34. The van der Waals surface area contributed by atoms with Crippen LogP contribution < -0.4 is 5.56 Å². The molecule has 4 heterocycles. The Labute approximate surface area is 157 Å². The van der Waals surface area contributed by atoms with Crippen LogP contribution in [0.3, 0.4) is 0 Å². The zero-order valence-corrected chi connectivity index (χ0v) is 16.3. The maximum atomic E-state index is 12.7. The van der Waals surface area contributed by atoms with E-state index in [4.69, 9.17) is 4.98 Å². The Kier molecular flexibility index (Phi) is 4.56. The molecule has 1 N–H and O–H groups in total. The number of rotatable bonds is 5. The second-order valence-electron chi connectivity index (χ2n) is 5.98. The van der Waals surface area contributed by atoms with Crippen LogP contribution in [0.15, 0.2) is 44.5 Å². The summed E-state index contributed by atoms with van der Waals surface area (Å²) in [4.78, 5) is 24.6. The molecule has 0 aromatic carbocycles. The Bertz CT molecular complexity index is 1030. The predicted octanol–water partition coefficient (Wildman–Crippen LogP) is 4.97. The van der Waals surface area contributed by atoms with Crippen LogP contribution in [0.4, 0.5) is 0 Å². The van der Waals surface area contributed by atoms with Gasteiger partial charge in [-0.15, -0.1) is 22.7 Å². The number of nitrogens with one attached hydrogen (secondary N) is 1. The van der Waals surface area contributed by atoms with Gasteiger partial charge in [-0.25, -0.2) is 4.98 Å². The molecule has 0 aliphatic heterocycles. The van der Waals surface area contributed by atoms with Gasteiger partial charge >= 0.3 is 0 Å². The van der Waals surface area contributed by atoms with Gasteiger partial charge in [0.05, 0.1) is 11.4 Å². The highest BCUT2D eigenvalue weighted by Gasteiger charge is 2.19. The lowest BCUT2D eigenvalue weighted by molar-refractivity contribution is 0.244. The molecule has 4 aromatic heterocycles. The van der Waals surface area contributed by atoms with E-state index in [0.29, 0.717) is 5.39 Å². The smallest absolute Gasteiger partial charge is 0.260 e. The van der Waals surface area contributed by atoms with Crippen molar-refractivity contribution in [2.45, 2.75) is 19.5 Å². The van der Waals surface area contributed by atoms with E-state index >= 15 is 0 Å². The van der Waals surface area contributed by atoms with Crippen LogP contribution in [0.5, 0.6) is 0 Å². The summed E-state index contributed by atoms with van der Waals surface area (Å²) < 4.78 is 0. The van der Waals surface area contributed by atoms with Crippen LogP contribution in [0.1, 0.15) is 24.4 Å². The number of thiophene rings is 3. The van der Waals surface area contributed by atoms with Gasteiger partial charge in [0.2, 0.25) is 0 Å². The molecule has 1 atom stereocenters. The summed E-state index contributed by atoms with van der Waals surface area (Å²) in [7, 11) is 2.05. The third-order valence-corrected chi connectivity index (χ3v) is 6.83. The number of H-pyrrole nitrogens is 1. The fourth-order valence-electron chi connectivity index (χ4n) is 2.79. The maximum Gasteiger partial charge on any atom is 0.260 e. The summed E-state index contributed by atoms with van der Waals surface area (Å²) in [6.45, 7) is 2.90. The van der Waals surface area contributed by atoms with Crippen molar-refractivity contribution in [2.24, 2.45) is 0 Å². The molecule has 7 heteroatoms. The topological polar surface area (TPSA) is 49.0 Å². The fourth-order valence-corrected chi connectivity index (χ4v) is 5.22. The monoisotopic (exact) mass is 387 g/mol. The minimum Gasteiger partial charge on any atom is -0.309 e. The maximum absolute atomic E-state index is 12.7. The van der Waals surface area contributed by atoms with Gasteiger partial charge in [0, 0.05) is 22.4 Å². The molecule has 4 rings (SSSR count). The van der Waals surface area contributed by atoms with E-state index in [9.17, 15) is 4.79 Å². The third kappa shape index (κ3) is 3.20. The molecule has 0 spiro atoms. The largest absolute Gasteiger partial charge is 0.309 e. The molecule has 0 aliphatic carbocycles. The summed E-state index contributed by atoms with van der Waals surface area (Å²) in [5, 5.41) is 8.98. The first-order chi connectivity index (χ1) is 12.1. The summed E-state index contributed by atoms with van der Waals surface area (Å²) >= 11 is 4.87. The van der Waals surface area contributed by atoms with Gasteiger partial charge in [-0.05, 0) is 47.8 Å². The van der Waals surface area contributed by atoms with Crippen molar-refractivity contribution in [3.05, 3.63) is 61.5 Å². The lowest BCUT2D eigenvalue weighted by Crippen LogP contribution is -2.25. The summed E-state index contributed by atoms with van der Waals surface area (Å²) in [5.41, 5.74) is 2.20. The van der Waals surface area contributed by atoms with Gasteiger partial charge in [0.25, 0.3) is 5.56 Å². The Morgan fingerprint density at radius 1 is 1.24 bits per heavy atom. The Hall–Kier alpha value is -1.80. The van der Waals surface area contributed by atoms with Gasteiger partial charge < -0.3 is 4.98 Å². The van der Waals surface area contributed by atoms with Gasteiger partial charge in [0.15, 0.2) is 0 Å². The van der Waals surface area contributed by atoms with E-state index in [2.05, 4.69) is 40.7 Å². The molecular formula is C18H17N3OS3. The van der Waals surface area contributed by atoms with Crippen LogP contribution >= 0.6 is 34.0 Å². The van der Waals surface area contributed by atoms with Crippen LogP contribution in [-0.2, 0) is 6.54 Å². The number of hydrogen-bond acceptors (Lipinski definition) is 6. The van der Waals surface area contributed by atoms with E-state index in [1.54, 1.807) is 22.7 Å². The second kappa shape index (κ2) is 6.84. The van der Waals surface area contributed by atoms with Crippen LogP contribution in [-0.4, -0.2) is 21.9 Å². The lowest BCUT2D eigenvalue weighted by atomic mass is 10.2. The molecule has 0 fully saturated rings. The summed E-state index contributed by atoms with van der Waals surface area (Å²) in [5.74, 6) is 0.717. The Morgan fingerprint density at radius 2 is 2.12 bits per heavy atom. The molecule has 0 radical (unpaired) electrons. The van der Waals surface area contributed by atoms with Crippen molar-refractivity contribution in [1.29, 1.82) is 0 Å². The molecule has 0 saturated heterocycles. The molecule has 0 saturated carbocycles. The molecule has 0 bridgehead atoms. The van der Waals surface area contributed by atoms with Crippen molar-refractivity contribution in [3.8, 4) is 10.4 Å². The molecular weight excluding hydrogens is 370 g/mol. The van der Waals surface area contributed by atoms with Crippen molar-refractivity contribution in [1.82, 2.24) is 14.9 Å². The first kappa shape index (κ1) is 16.7. The number of nitrogens with zero attached hydrogens (tertiary/aromatic N) is 2. The lowest BCUT2D eigenvalue weighted by Gasteiger charge is -2.23. The quantitative estimate of drug-likeness (QED) is 0.526. The molecule has 4 aromatic rings. The molecule has 0 aliphatic rings. The van der Waals surface area contributed by atoms with E-state index in [0.717, 1.165) is 27.6 Å². The molecule has 4 nitrogen and oxygen atoms in total. The minimum absolute atomic E-state index is 0.0317. The average molecular weight is 388 g/mol. The zero-order valence-electron chi connectivity index (χ0n) is 13.9. The molecule has 0 unspecified atom stereocenters. The van der Waals surface area contributed by atoms with E-state index in [1.165, 1.54) is 16.9 Å². The number of fused-ring (bicyclic) bond motifs is 1. The first-order valence-corrected chi connectivity index (χ1v) is 10.6. The standard InChI is InChI=1S/C18H17N3OS3/c1-11(21(2)8-12-5-7-23-9-12)16-19-17(22)15-13(10-25-18(15)20-16)14-4-3-6-24-14/h3-7,9-11H,8H2,1-2H3,(H,19,20,22)/t11-/m0/s1. The van der Waals surface area contributed by atoms with Crippen LogP contribution in [0.2, 0.25) is 0 Å². The van der Waals surface area contributed by atoms with E-state index in [1.807, 2.05) is 22.9 Å². The average Bonchev–Trinajstić information content (AvgIpc) is 3.34. The summed E-state index contributed by atoms with van der Waals surface area (Å²) in [6.07, 6.45) is 0. The van der Waals surface area contributed by atoms with E-state index in [-0.39, 0.29) is 11.6 Å². The first-order valence-electron chi connectivity index (χ1n) is 7.90. The van der Waals surface area contributed by atoms with Crippen molar-refractivity contribution < 1.29 is 0 Å². The fraction of sp³-hybridized carbons (Fsp3) is 0.222. The highest BCUT2D eigenvalue weighted by atomic mass is 32.1. The minimum atomic E-state index is -0.0552. The predicted molar refractivity (Wildman–Crippen MR) is 108 cm³/mol. The molecule has 128 valence electrons. The normalized spacial score (nSPS) is 12.9. The molecule has 0 amide bonds. The second-order valence-corrected chi connectivity index (χ2v) is 8.57. The van der Waals surface area contributed by atoms with Crippen molar-refractivity contribution >= 4 is 44.2 Å². The number of aromatic amines is 1. The van der Waals surface area contributed by atoms with E-state index < -0.39 is 0 Å². The van der Waals surface area contributed by atoms with Crippen molar-refractivity contribution in [3.63, 3.8) is 0 Å². The van der Waals surface area contributed by atoms with Gasteiger partial charge in [-0.1, -0.05) is 6.07 Å². The SMILES string of the molecule is C[C@@H](c1nc2scc(-c3cccs3)c2c(=O)[nH]1)N(C)Cc1ccsc1. The molecule has 25 heavy (non-hydrogen) atoms. The van der Waals surface area contributed by atoms with Gasteiger partial charge in [0.1, 0.15) is 10.7 Å². The Balaban J connectivity index is 1.68. The number of hydrogen-bond donors (Lipinski definition) is 1. The van der Waals surface area contributed by atoms with Gasteiger partial charge in [-0.2, -0.15) is 11.3 Å². The van der Waals surface area contributed by atoms with Gasteiger partial charge in [-0.3, -0.25) is 9.69 Å². The van der Waals surface area contributed by atoms with Crippen molar-refractivity contribution in [2.75, 3.05) is 7.05 Å². The Morgan fingerprint density at radius 3 is 2.84 bits per heavy atom. The summed E-state index contributed by atoms with van der Waals surface area (Å²) in [6, 6.07) is 6.20. The third-order valence-electron chi connectivity index (χ3n) is 4.32. The number of aromatic nitrogens is 2. The van der Waals surface area contributed by atoms with Crippen LogP contribution in [0, 0.1) is 0 Å². The van der Waals surface area contributed by atoms with Crippen LogP contribution in [0.25, 0.3) is 20.7 Å².